The van der Waals surface area contributed by atoms with E-state index in [0.717, 1.165) is 32.2 Å². The van der Waals surface area contributed by atoms with Crippen molar-refractivity contribution in [2.45, 2.75) is 26.2 Å². The molecule has 1 fully saturated rings. The Balaban J connectivity index is 2.32. The van der Waals surface area contributed by atoms with Gasteiger partial charge >= 0.3 is 0 Å². The van der Waals surface area contributed by atoms with Crippen LogP contribution in [0.25, 0.3) is 0 Å². The number of aldehydes is 1. The fourth-order valence-corrected chi connectivity index (χ4v) is 1.63. The van der Waals surface area contributed by atoms with E-state index in [0.29, 0.717) is 5.92 Å². The van der Waals surface area contributed by atoms with Gasteiger partial charge in [0.15, 0.2) is 0 Å². The van der Waals surface area contributed by atoms with Gasteiger partial charge in [0.05, 0.1) is 0 Å². The summed E-state index contributed by atoms with van der Waals surface area (Å²) in [6.07, 6.45) is 4.48. The molecule has 11 heavy (non-hydrogen) atoms. The van der Waals surface area contributed by atoms with Crippen LogP contribution in [0.15, 0.2) is 0 Å². The fraction of sp³-hybridized carbons (Fsp3) is 0.889. The molecule has 0 radical (unpaired) electrons. The number of carbonyl (C=O) groups excluding carboxylic acids is 1. The van der Waals surface area contributed by atoms with Gasteiger partial charge in [-0.05, 0) is 38.9 Å². The van der Waals surface area contributed by atoms with E-state index < -0.39 is 0 Å². The van der Waals surface area contributed by atoms with Crippen molar-refractivity contribution in [3.05, 3.63) is 0 Å². The van der Waals surface area contributed by atoms with Crippen molar-refractivity contribution in [1.82, 2.24) is 4.90 Å². The summed E-state index contributed by atoms with van der Waals surface area (Å²) >= 11 is 0. The minimum absolute atomic E-state index is 0.339. The van der Waals surface area contributed by atoms with Gasteiger partial charge in [-0.15, -0.1) is 0 Å². The van der Waals surface area contributed by atoms with Crippen LogP contribution in [0.5, 0.6) is 0 Å². The standard InChI is InChI=1S/C9H17NO/c1-2-10-6-3-4-9(8-11)5-7-10/h8-9H,2-7H2,1H3. The van der Waals surface area contributed by atoms with Gasteiger partial charge in [0.1, 0.15) is 6.29 Å². The Morgan fingerprint density at radius 2 is 2.27 bits per heavy atom. The maximum Gasteiger partial charge on any atom is 0.123 e. The van der Waals surface area contributed by atoms with E-state index in [9.17, 15) is 4.79 Å². The first-order valence-electron chi connectivity index (χ1n) is 4.54. The lowest BCUT2D eigenvalue weighted by Gasteiger charge is -2.16. The van der Waals surface area contributed by atoms with Crippen LogP contribution in [0, 0.1) is 5.92 Å². The van der Waals surface area contributed by atoms with Gasteiger partial charge in [-0.25, -0.2) is 0 Å². The van der Waals surface area contributed by atoms with Crippen LogP contribution in [0.1, 0.15) is 26.2 Å². The van der Waals surface area contributed by atoms with Gasteiger partial charge in [-0.2, -0.15) is 0 Å². The summed E-state index contributed by atoms with van der Waals surface area (Å²) in [6.45, 7) is 5.60. The molecule has 0 aromatic heterocycles. The SMILES string of the molecule is CCN1CCCC(C=O)CC1. The Kier molecular flexibility index (Phi) is 3.57. The van der Waals surface area contributed by atoms with E-state index in [-0.39, 0.29) is 0 Å². The topological polar surface area (TPSA) is 20.3 Å². The Bertz CT molecular complexity index is 125. The third-order valence-corrected chi connectivity index (χ3v) is 2.51. The molecule has 1 aliphatic rings. The molecule has 0 aromatic carbocycles. The number of likely N-dealkylation sites (tertiary alicyclic amines) is 1. The average Bonchev–Trinajstić information content (AvgIpc) is 2.28. The summed E-state index contributed by atoms with van der Waals surface area (Å²) in [4.78, 5) is 12.9. The predicted molar refractivity (Wildman–Crippen MR) is 45.5 cm³/mol. The largest absolute Gasteiger partial charge is 0.304 e. The van der Waals surface area contributed by atoms with Crippen LogP contribution in [-0.2, 0) is 4.79 Å². The summed E-state index contributed by atoms with van der Waals surface area (Å²) in [7, 11) is 0. The number of hydrogen-bond acceptors (Lipinski definition) is 2. The van der Waals surface area contributed by atoms with Crippen molar-refractivity contribution in [3.63, 3.8) is 0 Å². The van der Waals surface area contributed by atoms with E-state index >= 15 is 0 Å². The molecule has 2 nitrogen and oxygen atoms in total. The molecule has 1 saturated heterocycles. The monoisotopic (exact) mass is 155 g/mol. The van der Waals surface area contributed by atoms with Crippen molar-refractivity contribution in [3.8, 4) is 0 Å². The molecule has 64 valence electrons. The van der Waals surface area contributed by atoms with Gasteiger partial charge in [0.25, 0.3) is 0 Å². The van der Waals surface area contributed by atoms with Crippen molar-refractivity contribution in [2.24, 2.45) is 5.92 Å². The molecule has 1 heterocycles. The van der Waals surface area contributed by atoms with Gasteiger partial charge in [-0.1, -0.05) is 6.92 Å². The van der Waals surface area contributed by atoms with Crippen LogP contribution >= 0.6 is 0 Å². The number of hydrogen-bond donors (Lipinski definition) is 0. The second-order valence-electron chi connectivity index (χ2n) is 3.26. The highest BCUT2D eigenvalue weighted by Crippen LogP contribution is 2.14. The van der Waals surface area contributed by atoms with E-state index in [1.165, 1.54) is 13.0 Å². The minimum Gasteiger partial charge on any atom is -0.304 e. The molecule has 0 bridgehead atoms. The molecule has 0 spiro atoms. The molecular formula is C9H17NO. The molecule has 1 unspecified atom stereocenters. The maximum absolute atomic E-state index is 10.5. The molecule has 0 N–H and O–H groups in total. The zero-order chi connectivity index (χ0) is 8.10. The fourth-order valence-electron chi connectivity index (χ4n) is 1.63. The zero-order valence-electron chi connectivity index (χ0n) is 7.25. The third-order valence-electron chi connectivity index (χ3n) is 2.51. The van der Waals surface area contributed by atoms with Crippen LogP contribution in [0.3, 0.4) is 0 Å². The van der Waals surface area contributed by atoms with Gasteiger partial charge < -0.3 is 9.69 Å². The molecule has 1 atom stereocenters. The normalized spacial score (nSPS) is 27.9. The summed E-state index contributed by atoms with van der Waals surface area (Å²) in [5, 5.41) is 0. The highest BCUT2D eigenvalue weighted by atomic mass is 16.1. The lowest BCUT2D eigenvalue weighted by atomic mass is 10.0. The quantitative estimate of drug-likeness (QED) is 0.560. The first-order chi connectivity index (χ1) is 5.36. The van der Waals surface area contributed by atoms with Crippen LogP contribution in [-0.4, -0.2) is 30.8 Å². The van der Waals surface area contributed by atoms with Gasteiger partial charge in [0, 0.05) is 5.92 Å². The Morgan fingerprint density at radius 3 is 2.91 bits per heavy atom. The van der Waals surface area contributed by atoms with Gasteiger partial charge in [0.2, 0.25) is 0 Å². The molecule has 0 aliphatic carbocycles. The summed E-state index contributed by atoms with van der Waals surface area (Å²) in [6, 6.07) is 0. The lowest BCUT2D eigenvalue weighted by Crippen LogP contribution is -2.24. The maximum atomic E-state index is 10.5. The summed E-state index contributed by atoms with van der Waals surface area (Å²) in [5.74, 6) is 0.339. The van der Waals surface area contributed by atoms with Crippen molar-refractivity contribution in [1.29, 1.82) is 0 Å². The highest BCUT2D eigenvalue weighted by Gasteiger charge is 2.14. The molecule has 0 aromatic rings. The summed E-state index contributed by atoms with van der Waals surface area (Å²) < 4.78 is 0. The predicted octanol–water partition coefficient (Wildman–Crippen LogP) is 1.31. The summed E-state index contributed by atoms with van der Waals surface area (Å²) in [5.41, 5.74) is 0. The second kappa shape index (κ2) is 4.50. The van der Waals surface area contributed by atoms with Crippen LogP contribution in [0.2, 0.25) is 0 Å². The van der Waals surface area contributed by atoms with E-state index in [4.69, 9.17) is 0 Å². The van der Waals surface area contributed by atoms with E-state index in [1.807, 2.05) is 0 Å². The first kappa shape index (κ1) is 8.72. The van der Waals surface area contributed by atoms with E-state index in [1.54, 1.807) is 0 Å². The molecule has 2 heteroatoms. The highest BCUT2D eigenvalue weighted by molar-refractivity contribution is 5.53. The number of nitrogens with zero attached hydrogens (tertiary/aromatic N) is 1. The van der Waals surface area contributed by atoms with Gasteiger partial charge in [-0.3, -0.25) is 0 Å². The third kappa shape index (κ3) is 2.62. The van der Waals surface area contributed by atoms with Crippen LogP contribution in [0.4, 0.5) is 0 Å². The van der Waals surface area contributed by atoms with Crippen molar-refractivity contribution >= 4 is 6.29 Å². The molecular weight excluding hydrogens is 138 g/mol. The minimum atomic E-state index is 0.339. The number of rotatable bonds is 2. The average molecular weight is 155 g/mol. The second-order valence-corrected chi connectivity index (χ2v) is 3.26. The Hall–Kier alpha value is -0.370. The smallest absolute Gasteiger partial charge is 0.123 e. The molecule has 1 rings (SSSR count). The molecule has 0 saturated carbocycles. The lowest BCUT2D eigenvalue weighted by molar-refractivity contribution is -0.111. The van der Waals surface area contributed by atoms with Crippen molar-refractivity contribution in [2.75, 3.05) is 19.6 Å². The van der Waals surface area contributed by atoms with E-state index in [2.05, 4.69) is 11.8 Å². The van der Waals surface area contributed by atoms with Crippen molar-refractivity contribution < 1.29 is 4.79 Å². The Morgan fingerprint density at radius 1 is 1.45 bits per heavy atom. The molecule has 0 amide bonds. The number of carbonyl (C=O) groups is 1. The Labute approximate surface area is 68.6 Å². The van der Waals surface area contributed by atoms with Crippen LogP contribution < -0.4 is 0 Å². The molecule has 1 aliphatic heterocycles. The first-order valence-corrected chi connectivity index (χ1v) is 4.54. The zero-order valence-corrected chi connectivity index (χ0v) is 7.25.